The highest BCUT2D eigenvalue weighted by Crippen LogP contribution is 2.32. The van der Waals surface area contributed by atoms with E-state index >= 15 is 0 Å². The minimum atomic E-state index is 0.216. The normalized spacial score (nSPS) is 12.4. The maximum atomic E-state index is 3.71. The molecule has 21 heavy (non-hydrogen) atoms. The average molecular weight is 411 g/mol. The van der Waals surface area contributed by atoms with Gasteiger partial charge in [0.05, 0.1) is 6.04 Å². The fourth-order valence-corrected chi connectivity index (χ4v) is 3.40. The molecule has 0 saturated heterocycles. The van der Waals surface area contributed by atoms with Crippen LogP contribution in [0.2, 0.25) is 0 Å². The van der Waals surface area contributed by atoms with Crippen molar-refractivity contribution in [2.24, 2.45) is 0 Å². The lowest BCUT2D eigenvalue weighted by Gasteiger charge is -2.23. The van der Waals surface area contributed by atoms with Crippen molar-refractivity contribution in [3.8, 4) is 0 Å². The summed E-state index contributed by atoms with van der Waals surface area (Å²) >= 11 is 7.30. The molecule has 0 aliphatic heterocycles. The van der Waals surface area contributed by atoms with Gasteiger partial charge in [0.2, 0.25) is 0 Å². The minimum absolute atomic E-state index is 0.216. The number of hydrogen-bond donors (Lipinski definition) is 1. The van der Waals surface area contributed by atoms with E-state index in [1.807, 2.05) is 0 Å². The highest BCUT2D eigenvalue weighted by Gasteiger charge is 2.18. The second-order valence-electron chi connectivity index (χ2n) is 5.11. The van der Waals surface area contributed by atoms with Crippen molar-refractivity contribution in [1.29, 1.82) is 0 Å². The van der Waals surface area contributed by atoms with Crippen LogP contribution in [-0.2, 0) is 6.42 Å². The topological polar surface area (TPSA) is 12.0 Å². The monoisotopic (exact) mass is 409 g/mol. The van der Waals surface area contributed by atoms with Crippen LogP contribution >= 0.6 is 31.9 Å². The first-order valence-electron chi connectivity index (χ1n) is 7.43. The number of benzene rings is 2. The Labute approximate surface area is 144 Å². The third-order valence-corrected chi connectivity index (χ3v) is 4.83. The Kier molecular flexibility index (Phi) is 6.46. The Hall–Kier alpha value is -0.640. The third-order valence-electron chi connectivity index (χ3n) is 3.61. The van der Waals surface area contributed by atoms with E-state index in [2.05, 4.69) is 93.5 Å². The van der Waals surface area contributed by atoms with Crippen LogP contribution in [0.4, 0.5) is 0 Å². The maximum Gasteiger partial charge on any atom is 0.0590 e. The van der Waals surface area contributed by atoms with E-state index in [4.69, 9.17) is 0 Å². The zero-order valence-electron chi connectivity index (χ0n) is 12.5. The molecule has 2 aromatic rings. The van der Waals surface area contributed by atoms with E-state index in [-0.39, 0.29) is 6.04 Å². The molecule has 0 amide bonds. The quantitative estimate of drug-likeness (QED) is 0.628. The molecule has 2 rings (SSSR count). The third kappa shape index (κ3) is 4.18. The summed E-state index contributed by atoms with van der Waals surface area (Å²) in [6, 6.07) is 15.3. The fourth-order valence-electron chi connectivity index (χ4n) is 2.55. The van der Waals surface area contributed by atoms with Crippen LogP contribution in [0.15, 0.2) is 51.4 Å². The van der Waals surface area contributed by atoms with Crippen LogP contribution in [-0.4, -0.2) is 6.54 Å². The molecule has 0 bridgehead atoms. The molecular formula is C18H21Br2N. The molecule has 0 radical (unpaired) electrons. The van der Waals surface area contributed by atoms with Crippen molar-refractivity contribution in [1.82, 2.24) is 5.32 Å². The Morgan fingerprint density at radius 3 is 2.48 bits per heavy atom. The van der Waals surface area contributed by atoms with Crippen molar-refractivity contribution >= 4 is 31.9 Å². The first-order valence-corrected chi connectivity index (χ1v) is 9.02. The number of hydrogen-bond acceptors (Lipinski definition) is 1. The molecule has 0 spiro atoms. The van der Waals surface area contributed by atoms with Crippen LogP contribution in [0.5, 0.6) is 0 Å². The van der Waals surface area contributed by atoms with Gasteiger partial charge in [-0.2, -0.15) is 0 Å². The van der Waals surface area contributed by atoms with Gasteiger partial charge in [-0.3, -0.25) is 0 Å². The number of aryl methyl sites for hydroxylation is 1. The smallest absolute Gasteiger partial charge is 0.0590 e. The minimum Gasteiger partial charge on any atom is -0.306 e. The summed E-state index contributed by atoms with van der Waals surface area (Å²) in [5, 5.41) is 3.69. The summed E-state index contributed by atoms with van der Waals surface area (Å²) < 4.78 is 2.25. The van der Waals surface area contributed by atoms with Crippen molar-refractivity contribution in [2.45, 2.75) is 32.7 Å². The molecule has 1 unspecified atom stereocenters. The number of rotatable bonds is 6. The summed E-state index contributed by atoms with van der Waals surface area (Å²) in [4.78, 5) is 0. The average Bonchev–Trinajstić information content (AvgIpc) is 2.51. The zero-order chi connectivity index (χ0) is 15.2. The van der Waals surface area contributed by atoms with Crippen LogP contribution < -0.4 is 5.32 Å². The molecule has 0 aliphatic rings. The first-order chi connectivity index (χ1) is 10.2. The van der Waals surface area contributed by atoms with Crippen molar-refractivity contribution in [2.75, 3.05) is 6.54 Å². The summed E-state index contributed by atoms with van der Waals surface area (Å²) in [7, 11) is 0. The van der Waals surface area contributed by atoms with Gasteiger partial charge in [0.15, 0.2) is 0 Å². The van der Waals surface area contributed by atoms with E-state index in [9.17, 15) is 0 Å². The molecule has 0 saturated carbocycles. The van der Waals surface area contributed by atoms with Gasteiger partial charge in [-0.15, -0.1) is 0 Å². The molecule has 0 aliphatic carbocycles. The number of halogens is 2. The Morgan fingerprint density at radius 2 is 1.76 bits per heavy atom. The number of nitrogens with one attached hydrogen (secondary N) is 1. The van der Waals surface area contributed by atoms with Crippen LogP contribution in [0, 0.1) is 0 Å². The lowest BCUT2D eigenvalue weighted by atomic mass is 9.93. The van der Waals surface area contributed by atoms with Gasteiger partial charge in [0.25, 0.3) is 0 Å². The maximum absolute atomic E-state index is 3.71. The summed E-state index contributed by atoms with van der Waals surface area (Å²) in [5.41, 5.74) is 4.05. The molecule has 1 nitrogen and oxygen atoms in total. The van der Waals surface area contributed by atoms with Crippen molar-refractivity contribution < 1.29 is 0 Å². The molecule has 0 heterocycles. The molecule has 1 atom stereocenters. The summed E-state index contributed by atoms with van der Waals surface area (Å²) in [6.45, 7) is 5.42. The van der Waals surface area contributed by atoms with Gasteiger partial charge < -0.3 is 5.32 Å². The van der Waals surface area contributed by atoms with E-state index in [0.717, 1.165) is 28.3 Å². The van der Waals surface area contributed by atoms with Gasteiger partial charge in [-0.1, -0.05) is 70.0 Å². The second-order valence-corrected chi connectivity index (χ2v) is 6.88. The highest BCUT2D eigenvalue weighted by molar-refractivity contribution is 9.11. The molecule has 0 fully saturated rings. The van der Waals surface area contributed by atoms with Crippen LogP contribution in [0.25, 0.3) is 0 Å². The standard InChI is InChI=1S/C18H21Br2N/c1-3-11-21-18(15-8-6-5-7-13(15)4-2)16-12-14(19)9-10-17(16)20/h5-10,12,18,21H,3-4,11H2,1-2H3. The van der Waals surface area contributed by atoms with E-state index in [1.54, 1.807) is 0 Å². The molecular weight excluding hydrogens is 390 g/mol. The lowest BCUT2D eigenvalue weighted by Crippen LogP contribution is -2.24. The summed E-state index contributed by atoms with van der Waals surface area (Å²) in [5.74, 6) is 0. The molecule has 1 N–H and O–H groups in total. The highest BCUT2D eigenvalue weighted by atomic mass is 79.9. The Morgan fingerprint density at radius 1 is 1.00 bits per heavy atom. The van der Waals surface area contributed by atoms with Gasteiger partial charge in [-0.05, 0) is 54.3 Å². The van der Waals surface area contributed by atoms with E-state index < -0.39 is 0 Å². The van der Waals surface area contributed by atoms with Crippen LogP contribution in [0.3, 0.4) is 0 Å². The molecule has 112 valence electrons. The molecule has 3 heteroatoms. The Balaban J connectivity index is 2.49. The fraction of sp³-hybridized carbons (Fsp3) is 0.333. The predicted octanol–water partition coefficient (Wildman–Crippen LogP) is 5.86. The zero-order valence-corrected chi connectivity index (χ0v) is 15.7. The van der Waals surface area contributed by atoms with Gasteiger partial charge >= 0.3 is 0 Å². The second kappa shape index (κ2) is 8.11. The SMILES string of the molecule is CCCNC(c1cc(Br)ccc1Br)c1ccccc1CC. The van der Waals surface area contributed by atoms with Gasteiger partial charge in [0, 0.05) is 8.95 Å². The molecule has 0 aromatic heterocycles. The Bertz CT molecular complexity index is 596. The first kappa shape index (κ1) is 16.7. The van der Waals surface area contributed by atoms with Crippen molar-refractivity contribution in [3.05, 3.63) is 68.1 Å². The largest absolute Gasteiger partial charge is 0.306 e. The molecule has 2 aromatic carbocycles. The summed E-state index contributed by atoms with van der Waals surface area (Å²) in [6.07, 6.45) is 2.17. The lowest BCUT2D eigenvalue weighted by molar-refractivity contribution is 0.593. The van der Waals surface area contributed by atoms with E-state index in [0.29, 0.717) is 0 Å². The predicted molar refractivity (Wildman–Crippen MR) is 97.8 cm³/mol. The van der Waals surface area contributed by atoms with Gasteiger partial charge in [0.1, 0.15) is 0 Å². The van der Waals surface area contributed by atoms with Gasteiger partial charge in [-0.25, -0.2) is 0 Å². The van der Waals surface area contributed by atoms with Crippen LogP contribution in [0.1, 0.15) is 43.0 Å². The van der Waals surface area contributed by atoms with E-state index in [1.165, 1.54) is 16.7 Å². The van der Waals surface area contributed by atoms with Crippen molar-refractivity contribution in [3.63, 3.8) is 0 Å².